The summed E-state index contributed by atoms with van der Waals surface area (Å²) in [7, 11) is 3.28. The van der Waals surface area contributed by atoms with Crippen LogP contribution in [0.4, 0.5) is 4.39 Å². The number of ether oxygens (including phenoxy) is 2. The number of hydrogen-bond acceptors (Lipinski definition) is 11. The molecule has 3 aromatic carbocycles. The Morgan fingerprint density at radius 3 is 2.33 bits per heavy atom. The van der Waals surface area contributed by atoms with Crippen LogP contribution in [0.5, 0.6) is 5.75 Å². The molecular formula is C40H50FN9O5. The van der Waals surface area contributed by atoms with Crippen molar-refractivity contribution in [3.63, 3.8) is 0 Å². The number of piperazine rings is 1. The smallest absolute Gasteiger partial charge is 0.320 e. The lowest BCUT2D eigenvalue weighted by atomic mass is 9.72. The van der Waals surface area contributed by atoms with E-state index in [1.165, 1.54) is 30.3 Å². The number of tetrazole rings is 1. The Hall–Kier alpha value is -5.25. The van der Waals surface area contributed by atoms with Crippen LogP contribution in [-0.4, -0.2) is 137 Å². The largest absolute Gasteiger partial charge is 0.496 e. The van der Waals surface area contributed by atoms with E-state index in [2.05, 4.69) is 25.9 Å². The number of nitrogens with one attached hydrogen (secondary N) is 1. The summed E-state index contributed by atoms with van der Waals surface area (Å²) >= 11 is 0. The van der Waals surface area contributed by atoms with E-state index in [0.717, 1.165) is 17.7 Å². The number of esters is 1. The van der Waals surface area contributed by atoms with Gasteiger partial charge < -0.3 is 19.3 Å². The molecule has 15 heteroatoms. The van der Waals surface area contributed by atoms with E-state index in [9.17, 15) is 18.8 Å². The van der Waals surface area contributed by atoms with E-state index in [1.807, 2.05) is 40.2 Å². The summed E-state index contributed by atoms with van der Waals surface area (Å²) in [6.07, 6.45) is 3.46. The number of likely N-dealkylation sites (tertiary alicyclic amines) is 1. The Labute approximate surface area is 321 Å². The summed E-state index contributed by atoms with van der Waals surface area (Å²) < 4.78 is 26.2. The number of piperidine rings is 1. The van der Waals surface area contributed by atoms with Crippen LogP contribution in [0.15, 0.2) is 79.1 Å². The number of halogens is 1. The second-order valence-electron chi connectivity index (χ2n) is 14.2. The number of likely N-dealkylation sites (N-methyl/N-ethyl adjacent to an activating group) is 1. The Kier molecular flexibility index (Phi) is 13.2. The summed E-state index contributed by atoms with van der Waals surface area (Å²) in [5.74, 6) is -0.445. The molecule has 0 unspecified atom stereocenters. The first-order chi connectivity index (χ1) is 26.7. The number of carbonyl (C=O) groups excluding carboxylic acids is 3. The van der Waals surface area contributed by atoms with E-state index in [1.54, 1.807) is 49.2 Å². The molecule has 0 radical (unpaired) electrons. The molecule has 0 spiro atoms. The highest BCUT2D eigenvalue weighted by Gasteiger charge is 2.43. The molecule has 0 saturated carbocycles. The number of rotatable bonds is 15. The second-order valence-corrected chi connectivity index (χ2v) is 14.2. The Balaban J connectivity index is 1.11. The molecule has 292 valence electrons. The lowest BCUT2D eigenvalue weighted by Gasteiger charge is -2.43. The zero-order chi connectivity index (χ0) is 38.8. The highest BCUT2D eigenvalue weighted by atomic mass is 19.1. The number of nitrogens with zero attached hydrogens (tertiary/aromatic N) is 8. The van der Waals surface area contributed by atoms with E-state index in [4.69, 9.17) is 9.47 Å². The number of aromatic nitrogens is 4. The Morgan fingerprint density at radius 2 is 1.67 bits per heavy atom. The summed E-state index contributed by atoms with van der Waals surface area (Å²) in [5, 5.41) is 13.3. The molecule has 0 bridgehead atoms. The van der Waals surface area contributed by atoms with Gasteiger partial charge in [0.15, 0.2) is 0 Å². The zero-order valence-corrected chi connectivity index (χ0v) is 31.8. The highest BCUT2D eigenvalue weighted by molar-refractivity contribution is 5.97. The van der Waals surface area contributed by atoms with Gasteiger partial charge >= 0.3 is 5.97 Å². The molecule has 6 rings (SSSR count). The average Bonchev–Trinajstić information content (AvgIpc) is 3.76. The molecule has 2 aliphatic rings. The molecule has 1 aromatic heterocycles. The number of amides is 2. The van der Waals surface area contributed by atoms with E-state index in [-0.39, 0.29) is 36.1 Å². The maximum absolute atomic E-state index is 14.2. The van der Waals surface area contributed by atoms with Crippen LogP contribution < -0.4 is 10.2 Å². The topological polar surface area (TPSA) is 138 Å². The van der Waals surface area contributed by atoms with Crippen LogP contribution in [0.3, 0.4) is 0 Å². The van der Waals surface area contributed by atoms with Gasteiger partial charge in [-0.05, 0) is 97.7 Å². The molecule has 2 aliphatic heterocycles. The van der Waals surface area contributed by atoms with Gasteiger partial charge in [0.1, 0.15) is 17.9 Å². The predicted molar refractivity (Wildman–Crippen MR) is 203 cm³/mol. The van der Waals surface area contributed by atoms with Gasteiger partial charge in [0.05, 0.1) is 36.9 Å². The number of benzene rings is 3. The minimum Gasteiger partial charge on any atom is -0.496 e. The van der Waals surface area contributed by atoms with Gasteiger partial charge in [0.25, 0.3) is 5.91 Å². The predicted octanol–water partition coefficient (Wildman–Crippen LogP) is 3.30. The number of carbonyl (C=O) groups is 3. The van der Waals surface area contributed by atoms with Crippen LogP contribution in [0.1, 0.15) is 53.6 Å². The van der Waals surface area contributed by atoms with Gasteiger partial charge in [-0.2, -0.15) is 0 Å². The average molecular weight is 756 g/mol. The van der Waals surface area contributed by atoms with Gasteiger partial charge in [-0.1, -0.05) is 42.5 Å². The third-order valence-corrected chi connectivity index (χ3v) is 10.8. The maximum atomic E-state index is 14.2. The van der Waals surface area contributed by atoms with Gasteiger partial charge in [-0.3, -0.25) is 24.7 Å². The minimum atomic E-state index is -0.696. The molecular weight excluding hydrogens is 705 g/mol. The summed E-state index contributed by atoms with van der Waals surface area (Å²) in [6.45, 7) is 7.48. The van der Waals surface area contributed by atoms with Crippen LogP contribution in [0.25, 0.3) is 5.69 Å². The van der Waals surface area contributed by atoms with Crippen molar-refractivity contribution in [1.29, 1.82) is 0 Å². The minimum absolute atomic E-state index is 0.0129. The van der Waals surface area contributed by atoms with Crippen LogP contribution in [0, 0.1) is 5.82 Å². The third-order valence-electron chi connectivity index (χ3n) is 10.8. The second kappa shape index (κ2) is 18.4. The normalized spacial score (nSPS) is 16.9. The van der Waals surface area contributed by atoms with Gasteiger partial charge in [0, 0.05) is 45.7 Å². The van der Waals surface area contributed by atoms with Gasteiger partial charge in [0.2, 0.25) is 5.91 Å². The fraction of sp³-hybridized carbons (Fsp3) is 0.450. The van der Waals surface area contributed by atoms with Crippen molar-refractivity contribution in [2.24, 2.45) is 0 Å². The SMILES string of the molecule is CCOC(=O)CN1CCN(NC(=O)C2(c3ccccc3)CCN(CC[C@H](CN(C)C(=O)c3cc(-n4cnnn4)ccc3OC)c3ccc(F)cc3)CC2)CC1. The van der Waals surface area contributed by atoms with Gasteiger partial charge in [-0.15, -0.1) is 5.10 Å². The first kappa shape index (κ1) is 39.4. The van der Waals surface area contributed by atoms with Crippen LogP contribution in [-0.2, 0) is 19.7 Å². The monoisotopic (exact) mass is 755 g/mol. The molecule has 14 nitrogen and oxygen atoms in total. The molecule has 2 amide bonds. The quantitative estimate of drug-likeness (QED) is 0.179. The van der Waals surface area contributed by atoms with Crippen LogP contribution >= 0.6 is 0 Å². The lowest BCUT2D eigenvalue weighted by molar-refractivity contribution is -0.145. The van der Waals surface area contributed by atoms with Crippen molar-refractivity contribution in [1.82, 2.24) is 45.3 Å². The van der Waals surface area contributed by atoms with Crippen molar-refractivity contribution in [3.05, 3.63) is 102 Å². The van der Waals surface area contributed by atoms with E-state index in [0.29, 0.717) is 88.7 Å². The molecule has 55 heavy (non-hydrogen) atoms. The molecule has 1 atom stereocenters. The van der Waals surface area contributed by atoms with Crippen molar-refractivity contribution < 1.29 is 28.2 Å². The zero-order valence-electron chi connectivity index (χ0n) is 31.8. The molecule has 3 heterocycles. The summed E-state index contributed by atoms with van der Waals surface area (Å²) in [5.41, 5.74) is 5.47. The fourth-order valence-corrected chi connectivity index (χ4v) is 7.56. The third kappa shape index (κ3) is 9.71. The molecule has 1 N–H and O–H groups in total. The molecule has 2 saturated heterocycles. The van der Waals surface area contributed by atoms with E-state index < -0.39 is 5.41 Å². The lowest BCUT2D eigenvalue weighted by Crippen LogP contribution is -2.59. The maximum Gasteiger partial charge on any atom is 0.320 e. The molecule has 0 aliphatic carbocycles. The number of methoxy groups -OCH3 is 1. The fourth-order valence-electron chi connectivity index (χ4n) is 7.56. The Bertz CT molecular complexity index is 1860. The summed E-state index contributed by atoms with van der Waals surface area (Å²) in [4.78, 5) is 46.2. The van der Waals surface area contributed by atoms with Crippen molar-refractivity contribution in [2.45, 2.75) is 37.5 Å². The van der Waals surface area contributed by atoms with Gasteiger partial charge in [-0.25, -0.2) is 14.1 Å². The number of hydrazine groups is 1. The molecule has 4 aromatic rings. The van der Waals surface area contributed by atoms with Crippen molar-refractivity contribution in [3.8, 4) is 11.4 Å². The first-order valence-corrected chi connectivity index (χ1v) is 18.8. The van der Waals surface area contributed by atoms with Crippen molar-refractivity contribution >= 4 is 17.8 Å². The number of hydrogen-bond donors (Lipinski definition) is 1. The Morgan fingerprint density at radius 1 is 0.945 bits per heavy atom. The standard InChI is InChI=1S/C40H50FN9O5/c1-4-55-37(51)28-48-22-24-49(25-23-48)43-39(53)40(32-8-6-5-7-9-32)17-20-47(21-18-40)19-16-31(30-10-12-33(41)13-11-30)27-46(2)38(52)35-26-34(14-15-36(35)54-3)50-29-42-44-45-50/h5-15,26,29,31H,4,16-25,27-28H2,1-3H3,(H,43,53)/t31-/m1/s1. The van der Waals surface area contributed by atoms with E-state index >= 15 is 0 Å². The molecule has 2 fully saturated rings. The first-order valence-electron chi connectivity index (χ1n) is 18.8. The van der Waals surface area contributed by atoms with Crippen molar-refractivity contribution in [2.75, 3.05) is 79.7 Å². The van der Waals surface area contributed by atoms with Crippen LogP contribution in [0.2, 0.25) is 0 Å². The highest BCUT2D eigenvalue weighted by Crippen LogP contribution is 2.37. The summed E-state index contributed by atoms with van der Waals surface area (Å²) in [6, 6.07) is 21.7.